The van der Waals surface area contributed by atoms with Gasteiger partial charge >= 0.3 is 6.18 Å². The first-order valence-corrected chi connectivity index (χ1v) is 9.08. The smallest absolute Gasteiger partial charge is 0.324 e. The molecule has 0 aliphatic carbocycles. The maximum absolute atomic E-state index is 16.1. The Morgan fingerprint density at radius 1 is 0.828 bits per heavy atom. The largest absolute Gasteiger partial charge is 0.416 e. The highest BCUT2D eigenvalue weighted by Gasteiger charge is 2.63. The maximum Gasteiger partial charge on any atom is 0.416 e. The van der Waals surface area contributed by atoms with E-state index in [2.05, 4.69) is 0 Å². The predicted octanol–water partition coefficient (Wildman–Crippen LogP) is 5.65. The highest BCUT2D eigenvalue weighted by atomic mass is 19.4. The van der Waals surface area contributed by atoms with Crippen LogP contribution < -0.4 is 0 Å². The number of nitrogens with zero attached hydrogens (tertiary/aromatic N) is 1. The minimum absolute atomic E-state index is 0.0753. The van der Waals surface area contributed by atoms with E-state index in [4.69, 9.17) is 0 Å². The molecule has 0 bridgehead atoms. The van der Waals surface area contributed by atoms with Crippen molar-refractivity contribution in [2.24, 2.45) is 0 Å². The van der Waals surface area contributed by atoms with Gasteiger partial charge in [0.15, 0.2) is 0 Å². The fraction of sp³-hybridized carbons (Fsp3) is 0.174. The lowest BCUT2D eigenvalue weighted by Gasteiger charge is -2.51. The third kappa shape index (κ3) is 3.28. The first kappa shape index (κ1) is 19.2. The summed E-state index contributed by atoms with van der Waals surface area (Å²) in [4.78, 5) is 14.3. The van der Waals surface area contributed by atoms with Crippen molar-refractivity contribution in [3.63, 3.8) is 0 Å². The zero-order valence-corrected chi connectivity index (χ0v) is 15.2. The molecule has 0 spiro atoms. The molecule has 0 saturated carbocycles. The number of carbonyl (C=O) groups excluding carboxylic acids is 1. The van der Waals surface area contributed by atoms with Crippen LogP contribution in [0.2, 0.25) is 0 Å². The van der Waals surface area contributed by atoms with Crippen LogP contribution >= 0.6 is 0 Å². The molecule has 3 aromatic carbocycles. The van der Waals surface area contributed by atoms with E-state index in [1.807, 2.05) is 30.3 Å². The van der Waals surface area contributed by atoms with Gasteiger partial charge in [0.2, 0.25) is 5.67 Å². The first-order valence-electron chi connectivity index (χ1n) is 9.08. The van der Waals surface area contributed by atoms with E-state index >= 15 is 4.39 Å². The van der Waals surface area contributed by atoms with Crippen LogP contribution in [0.25, 0.3) is 0 Å². The molecule has 0 N–H and O–H groups in total. The third-order valence-corrected chi connectivity index (χ3v) is 5.20. The summed E-state index contributed by atoms with van der Waals surface area (Å²) in [7, 11) is 0. The summed E-state index contributed by atoms with van der Waals surface area (Å²) in [6, 6.07) is 20.7. The van der Waals surface area contributed by atoms with Crippen LogP contribution in [0.3, 0.4) is 0 Å². The zero-order chi connectivity index (χ0) is 20.6. The van der Waals surface area contributed by atoms with E-state index in [-0.39, 0.29) is 12.1 Å². The topological polar surface area (TPSA) is 20.3 Å². The summed E-state index contributed by atoms with van der Waals surface area (Å²) in [5, 5.41) is 0. The molecule has 1 fully saturated rings. The van der Waals surface area contributed by atoms with Crippen LogP contribution in [-0.2, 0) is 23.2 Å². The number of benzene rings is 3. The third-order valence-electron chi connectivity index (χ3n) is 5.20. The minimum Gasteiger partial charge on any atom is -0.324 e. The molecule has 2 nitrogen and oxygen atoms in total. The second-order valence-corrected chi connectivity index (χ2v) is 7.02. The Labute approximate surface area is 165 Å². The van der Waals surface area contributed by atoms with Gasteiger partial charge in [-0.1, -0.05) is 72.8 Å². The average molecular weight is 399 g/mol. The van der Waals surface area contributed by atoms with Crippen molar-refractivity contribution in [2.45, 2.75) is 24.4 Å². The van der Waals surface area contributed by atoms with Crippen molar-refractivity contribution < 1.29 is 22.4 Å². The van der Waals surface area contributed by atoms with Gasteiger partial charge in [-0.15, -0.1) is 0 Å². The Morgan fingerprint density at radius 3 is 1.93 bits per heavy atom. The van der Waals surface area contributed by atoms with Gasteiger partial charge in [0, 0.05) is 12.1 Å². The summed E-state index contributed by atoms with van der Waals surface area (Å²) < 4.78 is 54.7. The van der Waals surface area contributed by atoms with Crippen LogP contribution in [0.4, 0.5) is 17.6 Å². The molecular weight excluding hydrogens is 382 g/mol. The summed E-state index contributed by atoms with van der Waals surface area (Å²) in [6.07, 6.45) is -4.52. The number of halogens is 4. The molecule has 0 aromatic heterocycles. The highest BCUT2D eigenvalue weighted by molar-refractivity contribution is 5.94. The summed E-state index contributed by atoms with van der Waals surface area (Å²) in [5.41, 5.74) is -1.94. The zero-order valence-electron chi connectivity index (χ0n) is 15.2. The number of amides is 1. The SMILES string of the molecule is O=C1N(Cc2ccccc2)[C@@H](c2ccccc2)[C@]1(F)c1ccc(C(F)(F)F)cc1. The normalized spacial score (nSPS) is 21.7. The van der Waals surface area contributed by atoms with Gasteiger partial charge in [-0.05, 0) is 23.3 Å². The lowest BCUT2D eigenvalue weighted by atomic mass is 9.74. The van der Waals surface area contributed by atoms with E-state index in [1.54, 1.807) is 30.3 Å². The monoisotopic (exact) mass is 399 g/mol. The molecule has 29 heavy (non-hydrogen) atoms. The molecule has 1 amide bonds. The molecule has 0 unspecified atom stereocenters. The Morgan fingerprint density at radius 2 is 1.38 bits per heavy atom. The van der Waals surface area contributed by atoms with E-state index in [0.29, 0.717) is 5.56 Å². The molecule has 6 heteroatoms. The molecule has 2 atom stereocenters. The van der Waals surface area contributed by atoms with Crippen LogP contribution in [0.1, 0.15) is 28.3 Å². The van der Waals surface area contributed by atoms with Crippen LogP contribution in [0, 0.1) is 0 Å². The Kier molecular flexibility index (Phi) is 4.65. The highest BCUT2D eigenvalue weighted by Crippen LogP contribution is 2.53. The van der Waals surface area contributed by atoms with Gasteiger partial charge in [0.25, 0.3) is 5.91 Å². The minimum atomic E-state index is -4.52. The van der Waals surface area contributed by atoms with Gasteiger partial charge in [0.1, 0.15) is 6.04 Å². The van der Waals surface area contributed by atoms with Crippen molar-refractivity contribution in [1.82, 2.24) is 4.90 Å². The van der Waals surface area contributed by atoms with Crippen LogP contribution in [0.15, 0.2) is 84.9 Å². The molecule has 0 radical (unpaired) electrons. The van der Waals surface area contributed by atoms with E-state index in [0.717, 1.165) is 29.8 Å². The molecule has 3 aromatic rings. The number of β-lactam (4-membered cyclic amide) rings is 1. The fourth-order valence-electron chi connectivity index (χ4n) is 3.76. The first-order chi connectivity index (χ1) is 13.8. The summed E-state index contributed by atoms with van der Waals surface area (Å²) in [6.45, 7) is 0.214. The second kappa shape index (κ2) is 7.03. The number of alkyl halides is 4. The molecule has 4 rings (SSSR count). The van der Waals surface area contributed by atoms with Gasteiger partial charge in [-0.2, -0.15) is 13.2 Å². The maximum atomic E-state index is 16.1. The average Bonchev–Trinajstić information content (AvgIpc) is 2.74. The Balaban J connectivity index is 1.72. The van der Waals surface area contributed by atoms with Crippen LogP contribution in [-0.4, -0.2) is 10.8 Å². The van der Waals surface area contributed by atoms with Gasteiger partial charge < -0.3 is 4.90 Å². The Hall–Kier alpha value is -3.15. The van der Waals surface area contributed by atoms with E-state index in [1.165, 1.54) is 4.90 Å². The van der Waals surface area contributed by atoms with Gasteiger partial charge in [-0.25, -0.2) is 4.39 Å². The second-order valence-electron chi connectivity index (χ2n) is 7.02. The molecule has 1 aliphatic rings. The fourth-order valence-corrected chi connectivity index (χ4v) is 3.76. The van der Waals surface area contributed by atoms with Crippen molar-refractivity contribution in [3.05, 3.63) is 107 Å². The quantitative estimate of drug-likeness (QED) is 0.410. The van der Waals surface area contributed by atoms with E-state index < -0.39 is 29.4 Å². The number of hydrogen-bond donors (Lipinski definition) is 0. The molecule has 1 heterocycles. The molecular formula is C23H17F4NO. The van der Waals surface area contributed by atoms with Crippen molar-refractivity contribution in [1.29, 1.82) is 0 Å². The van der Waals surface area contributed by atoms with Crippen molar-refractivity contribution in [2.75, 3.05) is 0 Å². The lowest BCUT2D eigenvalue weighted by molar-refractivity contribution is -0.181. The number of hydrogen-bond acceptors (Lipinski definition) is 1. The molecule has 1 saturated heterocycles. The number of rotatable bonds is 4. The summed E-state index contributed by atoms with van der Waals surface area (Å²) in [5.74, 6) is -0.755. The van der Waals surface area contributed by atoms with Gasteiger partial charge in [0.05, 0.1) is 5.56 Å². The predicted molar refractivity (Wildman–Crippen MR) is 100 cm³/mol. The van der Waals surface area contributed by atoms with Crippen molar-refractivity contribution >= 4 is 5.91 Å². The summed E-state index contributed by atoms with van der Waals surface area (Å²) >= 11 is 0. The van der Waals surface area contributed by atoms with Crippen LogP contribution in [0.5, 0.6) is 0 Å². The molecule has 1 aliphatic heterocycles. The lowest BCUT2D eigenvalue weighted by Crippen LogP contribution is -2.63. The molecule has 148 valence electrons. The standard InChI is InChI=1S/C23H17F4NO/c24-22(18-11-13-19(14-12-18)23(25,26)27)20(17-9-5-2-6-10-17)28(21(22)29)15-16-7-3-1-4-8-16/h1-14,20H,15H2/t20-,22+/m0/s1. The number of carbonyl (C=O) groups is 1. The number of likely N-dealkylation sites (tertiary alicyclic amines) is 1. The Bertz CT molecular complexity index is 1000. The van der Waals surface area contributed by atoms with E-state index in [9.17, 15) is 18.0 Å². The van der Waals surface area contributed by atoms with Gasteiger partial charge in [-0.3, -0.25) is 4.79 Å². The van der Waals surface area contributed by atoms with Crippen molar-refractivity contribution in [3.8, 4) is 0 Å².